The van der Waals surface area contributed by atoms with Crippen molar-refractivity contribution in [1.29, 1.82) is 0 Å². The molecule has 7 heavy (non-hydrogen) atoms. The molecule has 1 radical (unpaired) electrons. The summed E-state index contributed by atoms with van der Waals surface area (Å²) in [7, 11) is -1.87. The Balaban J connectivity index is 0. The zero-order valence-electron chi connectivity index (χ0n) is 5.23. The van der Waals surface area contributed by atoms with E-state index in [-0.39, 0.29) is 51.4 Å². The molecule has 1 nitrogen and oxygen atoms in total. The smallest absolute Gasteiger partial charge is 0.206 e. The van der Waals surface area contributed by atoms with E-state index in [0.717, 1.165) is 0 Å². The zero-order valence-corrected chi connectivity index (χ0v) is 9.35. The van der Waals surface area contributed by atoms with Gasteiger partial charge in [-0.2, -0.15) is 0 Å². The second-order valence-corrected chi connectivity index (χ2v) is 5.57. The Labute approximate surface area is 88.4 Å². The zero-order chi connectivity index (χ0) is 5.21. The molecule has 37 valence electrons. The van der Waals surface area contributed by atoms with Gasteiger partial charge in [-0.05, 0) is 13.1 Å². The van der Waals surface area contributed by atoms with Crippen molar-refractivity contribution in [2.75, 3.05) is 0 Å². The Hall–Kier alpha value is 1.55. The average molecular weight is 141 g/mol. The summed E-state index contributed by atoms with van der Waals surface area (Å²) in [5.74, 6) is 0. The van der Waals surface area contributed by atoms with Crippen molar-refractivity contribution in [2.45, 2.75) is 13.1 Å². The van der Waals surface area contributed by atoms with Crippen LogP contribution in [0, 0.1) is 0 Å². The molecule has 0 bridgehead atoms. The maximum absolute atomic E-state index is 8.85. The molecule has 0 aromatic carbocycles. The van der Waals surface area contributed by atoms with Crippen LogP contribution in [0.5, 0.6) is 0 Å². The fraction of sp³-hybridized carbons (Fsp3) is 0.500. The van der Waals surface area contributed by atoms with Crippen molar-refractivity contribution in [1.82, 2.24) is 0 Å². The molecule has 0 amide bonds. The topological polar surface area (TPSA) is 20.2 Å². The molecular formula is C4H10KOSi. The van der Waals surface area contributed by atoms with Gasteiger partial charge >= 0.3 is 0 Å². The van der Waals surface area contributed by atoms with Crippen molar-refractivity contribution in [2.24, 2.45) is 0 Å². The van der Waals surface area contributed by atoms with Crippen LogP contribution < -0.4 is 0 Å². The number of hydrogen-bond donors (Lipinski definition) is 1. The van der Waals surface area contributed by atoms with E-state index in [4.69, 9.17) is 4.80 Å². The maximum atomic E-state index is 8.85. The summed E-state index contributed by atoms with van der Waals surface area (Å²) in [6.45, 7) is 7.08. The van der Waals surface area contributed by atoms with E-state index in [0.29, 0.717) is 0 Å². The summed E-state index contributed by atoms with van der Waals surface area (Å²) in [6, 6.07) is 0. The van der Waals surface area contributed by atoms with Gasteiger partial charge in [-0.1, -0.05) is 5.70 Å². The molecule has 0 saturated carbocycles. The van der Waals surface area contributed by atoms with Gasteiger partial charge in [-0.25, -0.2) is 0 Å². The van der Waals surface area contributed by atoms with Gasteiger partial charge in [-0.3, -0.25) is 0 Å². The van der Waals surface area contributed by atoms with Crippen LogP contribution >= 0.6 is 0 Å². The molecule has 0 fully saturated rings. The second-order valence-electron chi connectivity index (χ2n) is 1.86. The molecule has 0 aliphatic heterocycles. The Kier molecular flexibility index (Phi) is 7.20. The summed E-state index contributed by atoms with van der Waals surface area (Å²) in [5.41, 5.74) is 1.63. The fourth-order valence-corrected chi connectivity index (χ4v) is 0. The van der Waals surface area contributed by atoms with E-state index < -0.39 is 8.32 Å². The monoisotopic (exact) mass is 141 g/mol. The van der Waals surface area contributed by atoms with Crippen molar-refractivity contribution in [3.63, 3.8) is 0 Å². The first-order valence-electron chi connectivity index (χ1n) is 1.92. The predicted octanol–water partition coefficient (Wildman–Crippen LogP) is 0.528. The fourth-order valence-electron chi connectivity index (χ4n) is 0. The van der Waals surface area contributed by atoms with Crippen LogP contribution in [0.1, 0.15) is 0 Å². The molecule has 3 heteroatoms. The van der Waals surface area contributed by atoms with Crippen molar-refractivity contribution in [3.05, 3.63) is 12.3 Å². The third-order valence-electron chi connectivity index (χ3n) is 0.500. The van der Waals surface area contributed by atoms with Gasteiger partial charge in [0.2, 0.25) is 8.32 Å². The maximum Gasteiger partial charge on any atom is 0.206 e. The van der Waals surface area contributed by atoms with Gasteiger partial charge in [0.25, 0.3) is 0 Å². The number of hydrogen-bond acceptors (Lipinski definition) is 1. The van der Waals surface area contributed by atoms with Crippen molar-refractivity contribution < 1.29 is 4.80 Å². The second kappa shape index (κ2) is 4.43. The van der Waals surface area contributed by atoms with Crippen molar-refractivity contribution in [3.8, 4) is 0 Å². The van der Waals surface area contributed by atoms with Crippen LogP contribution in [0.3, 0.4) is 0 Å². The summed E-state index contributed by atoms with van der Waals surface area (Å²) in [5, 5.41) is 0. The molecule has 0 rings (SSSR count). The molecule has 0 spiro atoms. The molecule has 0 heterocycles. The first kappa shape index (κ1) is 11.4. The average Bonchev–Trinajstić information content (AvgIpc) is 1.35. The largest absolute Gasteiger partial charge is 0.428 e. The Morgan fingerprint density at radius 2 is 1.71 bits per heavy atom. The van der Waals surface area contributed by atoms with E-state index in [9.17, 15) is 0 Å². The van der Waals surface area contributed by atoms with E-state index in [2.05, 4.69) is 6.58 Å². The quantitative estimate of drug-likeness (QED) is 0.528. The van der Waals surface area contributed by atoms with Gasteiger partial charge in [0.05, 0.1) is 0 Å². The molecule has 0 unspecified atom stereocenters. The third kappa shape index (κ3) is 11.2. The summed E-state index contributed by atoms with van der Waals surface area (Å²) < 4.78 is 0. The first-order valence-corrected chi connectivity index (χ1v) is 4.95. The SMILES string of the molecule is C=C[Si](C)(C)O.[K]. The summed E-state index contributed by atoms with van der Waals surface area (Å²) >= 11 is 0. The molecular weight excluding hydrogens is 131 g/mol. The van der Waals surface area contributed by atoms with Crippen LogP contribution in [0.2, 0.25) is 13.1 Å². The third-order valence-corrected chi connectivity index (χ3v) is 1.50. The number of rotatable bonds is 1. The molecule has 0 aromatic rings. The van der Waals surface area contributed by atoms with Gasteiger partial charge in [0.15, 0.2) is 0 Å². The first-order chi connectivity index (χ1) is 2.56. The minimum absolute atomic E-state index is 0. The Morgan fingerprint density at radius 1 is 1.57 bits per heavy atom. The van der Waals surface area contributed by atoms with Gasteiger partial charge in [0, 0.05) is 51.4 Å². The molecule has 0 aromatic heterocycles. The molecule has 0 saturated heterocycles. The van der Waals surface area contributed by atoms with E-state index in [1.54, 1.807) is 5.70 Å². The van der Waals surface area contributed by atoms with Crippen LogP contribution in [-0.4, -0.2) is 64.5 Å². The minimum Gasteiger partial charge on any atom is -0.428 e. The van der Waals surface area contributed by atoms with Crippen LogP contribution in [0.25, 0.3) is 0 Å². The molecule has 0 aliphatic carbocycles. The standard InChI is InChI=1S/C4H10OSi.K/c1-4-6(2,3)5;/h4-5H,1H2,2-3H3;. The van der Waals surface area contributed by atoms with E-state index in [1.807, 2.05) is 13.1 Å². The minimum atomic E-state index is -1.87. The van der Waals surface area contributed by atoms with Gasteiger partial charge in [-0.15, -0.1) is 6.58 Å². The molecule has 0 aliphatic rings. The Morgan fingerprint density at radius 3 is 1.71 bits per heavy atom. The molecule has 1 N–H and O–H groups in total. The van der Waals surface area contributed by atoms with Gasteiger partial charge in [0.1, 0.15) is 0 Å². The summed E-state index contributed by atoms with van der Waals surface area (Å²) in [4.78, 5) is 8.85. The predicted molar refractivity (Wildman–Crippen MR) is 35.7 cm³/mol. The van der Waals surface area contributed by atoms with Crippen LogP contribution in [0.4, 0.5) is 0 Å². The Bertz CT molecular complexity index is 57.2. The van der Waals surface area contributed by atoms with Crippen molar-refractivity contribution >= 4 is 59.7 Å². The normalized spacial score (nSPS) is 9.57. The van der Waals surface area contributed by atoms with Crippen LogP contribution in [-0.2, 0) is 0 Å². The van der Waals surface area contributed by atoms with Crippen LogP contribution in [0.15, 0.2) is 12.3 Å². The molecule has 0 atom stereocenters. The summed E-state index contributed by atoms with van der Waals surface area (Å²) in [6.07, 6.45) is 0. The van der Waals surface area contributed by atoms with Gasteiger partial charge < -0.3 is 4.80 Å². The van der Waals surface area contributed by atoms with E-state index >= 15 is 0 Å². The van der Waals surface area contributed by atoms with E-state index in [1.165, 1.54) is 0 Å².